The van der Waals surface area contributed by atoms with Crippen molar-refractivity contribution in [3.8, 4) is 28.3 Å². The topological polar surface area (TPSA) is 67.6 Å². The van der Waals surface area contributed by atoms with Gasteiger partial charge in [-0.15, -0.1) is 0 Å². The largest absolute Gasteiger partial charge is 0.489 e. The van der Waals surface area contributed by atoms with Gasteiger partial charge in [-0.3, -0.25) is 0 Å². The summed E-state index contributed by atoms with van der Waals surface area (Å²) in [5.74, 6) is 0.669. The van der Waals surface area contributed by atoms with Gasteiger partial charge in [0.05, 0.1) is 27.8 Å². The Morgan fingerprint density at radius 3 is 2.53 bits per heavy atom. The maximum atomic E-state index is 16.0. The predicted octanol–water partition coefficient (Wildman–Crippen LogP) is 9.46. The molecular formula is C37H36FN3O3S. The summed E-state index contributed by atoms with van der Waals surface area (Å²) in [5.41, 5.74) is 7.65. The molecular weight excluding hydrogens is 585 g/mol. The van der Waals surface area contributed by atoms with E-state index in [9.17, 15) is 9.90 Å². The fourth-order valence-corrected chi connectivity index (χ4v) is 7.78. The van der Waals surface area contributed by atoms with Crippen molar-refractivity contribution in [3.05, 3.63) is 101 Å². The molecule has 230 valence electrons. The van der Waals surface area contributed by atoms with Crippen LogP contribution in [0.1, 0.15) is 66.1 Å². The third-order valence-corrected chi connectivity index (χ3v) is 10.1. The fraction of sp³-hybridized carbons (Fsp3) is 0.297. The van der Waals surface area contributed by atoms with Gasteiger partial charge in [-0.1, -0.05) is 49.6 Å². The van der Waals surface area contributed by atoms with Crippen molar-refractivity contribution in [2.24, 2.45) is 0 Å². The summed E-state index contributed by atoms with van der Waals surface area (Å²) in [6, 6.07) is 24.9. The van der Waals surface area contributed by atoms with Gasteiger partial charge < -0.3 is 18.7 Å². The first-order valence-corrected chi connectivity index (χ1v) is 16.7. The molecule has 7 rings (SSSR count). The number of benzene rings is 4. The minimum Gasteiger partial charge on any atom is -0.489 e. The van der Waals surface area contributed by atoms with Crippen LogP contribution in [0.25, 0.3) is 33.5 Å². The Kier molecular flexibility index (Phi) is 8.23. The molecule has 1 aliphatic heterocycles. The summed E-state index contributed by atoms with van der Waals surface area (Å²) in [7, 11) is 0. The molecule has 0 atom stereocenters. The summed E-state index contributed by atoms with van der Waals surface area (Å²) < 4.78 is 26.7. The van der Waals surface area contributed by atoms with Gasteiger partial charge in [0.1, 0.15) is 24.0 Å². The van der Waals surface area contributed by atoms with Crippen LogP contribution in [0, 0.1) is 12.7 Å². The van der Waals surface area contributed by atoms with Crippen molar-refractivity contribution >= 4 is 34.6 Å². The molecule has 2 aliphatic rings. The maximum absolute atomic E-state index is 16.0. The van der Waals surface area contributed by atoms with E-state index in [1.165, 1.54) is 23.7 Å². The Hall–Kier alpha value is -4.30. The molecule has 0 spiro atoms. The van der Waals surface area contributed by atoms with Gasteiger partial charge in [0, 0.05) is 24.4 Å². The molecule has 45 heavy (non-hydrogen) atoms. The molecule has 1 aliphatic carbocycles. The number of hydrogen-bond acceptors (Lipinski definition) is 5. The van der Waals surface area contributed by atoms with E-state index in [1.807, 2.05) is 30.1 Å². The number of imidazole rings is 1. The SMILES string of the molecule is Cc1cc(-c2ccccc2)c(COc2ccc(-c3nc4cc(C(=O)O)ccc4n3C3CCCCC3)c(F)c2)cc1N1CCCS1. The Bertz CT molecular complexity index is 1860. The Labute approximate surface area is 267 Å². The zero-order chi connectivity index (χ0) is 30.9. The Balaban J connectivity index is 1.22. The zero-order valence-electron chi connectivity index (χ0n) is 25.3. The van der Waals surface area contributed by atoms with Crippen LogP contribution >= 0.6 is 11.9 Å². The monoisotopic (exact) mass is 621 g/mol. The predicted molar refractivity (Wildman–Crippen MR) is 180 cm³/mol. The minimum absolute atomic E-state index is 0.170. The molecule has 1 N–H and O–H groups in total. The van der Waals surface area contributed by atoms with E-state index >= 15 is 4.39 Å². The van der Waals surface area contributed by atoms with Crippen LogP contribution in [0.15, 0.2) is 78.9 Å². The number of carboxylic acids is 1. The molecule has 8 heteroatoms. The number of aromatic carboxylic acids is 1. The molecule has 2 fully saturated rings. The fourth-order valence-electron chi connectivity index (χ4n) is 6.71. The Morgan fingerprint density at radius 1 is 0.978 bits per heavy atom. The molecule has 0 amide bonds. The molecule has 5 aromatic rings. The lowest BCUT2D eigenvalue weighted by atomic mass is 9.94. The lowest BCUT2D eigenvalue weighted by molar-refractivity contribution is 0.0697. The third-order valence-electron chi connectivity index (χ3n) is 8.98. The van der Waals surface area contributed by atoms with Crippen LogP contribution in [0.5, 0.6) is 5.75 Å². The second-order valence-electron chi connectivity index (χ2n) is 12.0. The molecule has 0 bridgehead atoms. The van der Waals surface area contributed by atoms with Gasteiger partial charge >= 0.3 is 5.97 Å². The van der Waals surface area contributed by atoms with E-state index in [-0.39, 0.29) is 11.6 Å². The summed E-state index contributed by atoms with van der Waals surface area (Å²) in [6.07, 6.45) is 6.54. The quantitative estimate of drug-likeness (QED) is 0.174. The molecule has 0 unspecified atom stereocenters. The third kappa shape index (κ3) is 5.91. The smallest absolute Gasteiger partial charge is 0.335 e. The van der Waals surface area contributed by atoms with E-state index in [0.29, 0.717) is 29.3 Å². The standard InChI is InChI=1S/C37H36FN3O3S/c1-24-19-31(25-9-4-2-5-10-25)27(21-35(24)40-17-8-18-45-40)23-44-29-14-15-30(32(38)22-29)36-39-33-20-26(37(42)43)13-16-34(33)41(36)28-11-6-3-7-12-28/h2,4-5,9-10,13-16,19-22,28H,3,6-8,11-12,17-18,23H2,1H3,(H,42,43). The molecule has 1 saturated heterocycles. The van der Waals surface area contributed by atoms with Gasteiger partial charge in [0.2, 0.25) is 0 Å². The van der Waals surface area contributed by atoms with Gasteiger partial charge in [0.15, 0.2) is 0 Å². The van der Waals surface area contributed by atoms with E-state index < -0.39 is 11.8 Å². The zero-order valence-corrected chi connectivity index (χ0v) is 26.2. The van der Waals surface area contributed by atoms with Crippen molar-refractivity contribution in [2.75, 3.05) is 16.6 Å². The highest BCUT2D eigenvalue weighted by Crippen LogP contribution is 2.39. The van der Waals surface area contributed by atoms with Crippen molar-refractivity contribution in [3.63, 3.8) is 0 Å². The number of carboxylic acid groups (broad SMARTS) is 1. The van der Waals surface area contributed by atoms with E-state index in [2.05, 4.69) is 40.1 Å². The van der Waals surface area contributed by atoms with Crippen LogP contribution in [-0.4, -0.2) is 32.9 Å². The van der Waals surface area contributed by atoms with Crippen LogP contribution < -0.4 is 9.04 Å². The molecule has 0 radical (unpaired) electrons. The highest BCUT2D eigenvalue weighted by molar-refractivity contribution is 8.00. The maximum Gasteiger partial charge on any atom is 0.335 e. The van der Waals surface area contributed by atoms with Crippen LogP contribution in [0.4, 0.5) is 10.1 Å². The van der Waals surface area contributed by atoms with Gasteiger partial charge in [-0.25, -0.2) is 14.2 Å². The van der Waals surface area contributed by atoms with Crippen molar-refractivity contribution < 1.29 is 19.0 Å². The van der Waals surface area contributed by atoms with E-state index in [4.69, 9.17) is 9.72 Å². The van der Waals surface area contributed by atoms with Crippen LogP contribution in [0.2, 0.25) is 0 Å². The number of ether oxygens (including phenoxy) is 1. The summed E-state index contributed by atoms with van der Waals surface area (Å²) in [5, 5.41) is 9.55. The number of rotatable bonds is 8. The molecule has 4 aromatic carbocycles. The highest BCUT2D eigenvalue weighted by Gasteiger charge is 2.25. The Morgan fingerprint density at radius 2 is 1.80 bits per heavy atom. The van der Waals surface area contributed by atoms with E-state index in [1.54, 1.807) is 30.3 Å². The second kappa shape index (κ2) is 12.6. The van der Waals surface area contributed by atoms with Crippen molar-refractivity contribution in [1.29, 1.82) is 0 Å². The van der Waals surface area contributed by atoms with Gasteiger partial charge in [-0.2, -0.15) is 0 Å². The number of aromatic nitrogens is 2. The number of halogens is 1. The minimum atomic E-state index is -1.01. The first-order valence-electron chi connectivity index (χ1n) is 15.7. The molecule has 1 saturated carbocycles. The number of aryl methyl sites for hydroxylation is 1. The number of fused-ring (bicyclic) bond motifs is 1. The second-order valence-corrected chi connectivity index (χ2v) is 13.1. The van der Waals surface area contributed by atoms with Crippen molar-refractivity contribution in [2.45, 2.75) is 58.1 Å². The average molecular weight is 622 g/mol. The number of anilines is 1. The van der Waals surface area contributed by atoms with Crippen molar-refractivity contribution in [1.82, 2.24) is 9.55 Å². The lowest BCUT2D eigenvalue weighted by Gasteiger charge is -2.26. The van der Waals surface area contributed by atoms with Gasteiger partial charge in [-0.05, 0) is 103 Å². The normalized spacial score (nSPS) is 15.6. The van der Waals surface area contributed by atoms with Crippen LogP contribution in [-0.2, 0) is 6.61 Å². The highest BCUT2D eigenvalue weighted by atomic mass is 32.2. The number of carbonyl (C=O) groups is 1. The molecule has 2 heterocycles. The first kappa shape index (κ1) is 29.4. The number of nitrogens with zero attached hydrogens (tertiary/aromatic N) is 3. The number of hydrogen-bond donors (Lipinski definition) is 1. The first-order chi connectivity index (χ1) is 22.0. The van der Waals surface area contributed by atoms with E-state index in [0.717, 1.165) is 66.6 Å². The molecule has 6 nitrogen and oxygen atoms in total. The molecule has 1 aromatic heterocycles. The summed E-state index contributed by atoms with van der Waals surface area (Å²) >= 11 is 1.86. The summed E-state index contributed by atoms with van der Waals surface area (Å²) in [4.78, 5) is 16.5. The van der Waals surface area contributed by atoms with Crippen LogP contribution in [0.3, 0.4) is 0 Å². The lowest BCUT2D eigenvalue weighted by Crippen LogP contribution is -2.14. The van der Waals surface area contributed by atoms with Gasteiger partial charge in [0.25, 0.3) is 0 Å². The average Bonchev–Trinajstić information content (AvgIpc) is 3.73. The summed E-state index contributed by atoms with van der Waals surface area (Å²) in [6.45, 7) is 3.47.